The summed E-state index contributed by atoms with van der Waals surface area (Å²) in [7, 11) is 0. The smallest absolute Gasteiger partial charge is 0.00965 e. The van der Waals surface area contributed by atoms with Crippen molar-refractivity contribution in [1.82, 2.24) is 10.2 Å². The van der Waals surface area contributed by atoms with Crippen molar-refractivity contribution in [1.29, 1.82) is 0 Å². The lowest BCUT2D eigenvalue weighted by Gasteiger charge is -2.23. The molecule has 4 aliphatic rings. The molecule has 0 spiro atoms. The van der Waals surface area contributed by atoms with E-state index in [4.69, 9.17) is 0 Å². The van der Waals surface area contributed by atoms with Gasteiger partial charge in [-0.15, -0.1) is 0 Å². The van der Waals surface area contributed by atoms with Gasteiger partial charge in [-0.2, -0.15) is 0 Å². The third kappa shape index (κ3) is 2.34. The average molecular weight is 248 g/mol. The molecule has 102 valence electrons. The minimum Gasteiger partial charge on any atom is -0.316 e. The van der Waals surface area contributed by atoms with Gasteiger partial charge in [-0.1, -0.05) is 6.42 Å². The second-order valence-electron chi connectivity index (χ2n) is 7.47. The first-order valence-corrected chi connectivity index (χ1v) is 8.33. The Morgan fingerprint density at radius 1 is 0.944 bits per heavy atom. The molecule has 1 saturated heterocycles. The van der Waals surface area contributed by atoms with Crippen molar-refractivity contribution in [2.75, 3.05) is 26.2 Å². The molecule has 4 rings (SSSR count). The molecular weight excluding hydrogens is 220 g/mol. The minimum absolute atomic E-state index is 0.948. The van der Waals surface area contributed by atoms with Crippen LogP contribution in [0.25, 0.3) is 0 Å². The van der Waals surface area contributed by atoms with Gasteiger partial charge >= 0.3 is 0 Å². The van der Waals surface area contributed by atoms with Crippen LogP contribution < -0.4 is 5.32 Å². The quantitative estimate of drug-likeness (QED) is 0.804. The van der Waals surface area contributed by atoms with Crippen LogP contribution in [0.1, 0.15) is 44.9 Å². The molecule has 4 atom stereocenters. The number of rotatable bonds is 5. The molecule has 18 heavy (non-hydrogen) atoms. The third-order valence-electron chi connectivity index (χ3n) is 6.10. The van der Waals surface area contributed by atoms with Gasteiger partial charge in [0.2, 0.25) is 0 Å². The largest absolute Gasteiger partial charge is 0.316 e. The minimum atomic E-state index is 0.948. The maximum atomic E-state index is 3.81. The number of likely N-dealkylation sites (tertiary alicyclic amines) is 1. The molecule has 0 aromatic heterocycles. The van der Waals surface area contributed by atoms with Crippen molar-refractivity contribution in [2.45, 2.75) is 51.0 Å². The topological polar surface area (TPSA) is 15.3 Å². The highest BCUT2D eigenvalue weighted by molar-refractivity contribution is 4.92. The summed E-state index contributed by atoms with van der Waals surface area (Å²) in [4.78, 5) is 2.74. The molecule has 4 fully saturated rings. The molecule has 0 amide bonds. The molecule has 3 aliphatic carbocycles. The highest BCUT2D eigenvalue weighted by Crippen LogP contribution is 2.47. The highest BCUT2D eigenvalue weighted by atomic mass is 15.2. The number of hydrogen-bond acceptors (Lipinski definition) is 2. The first kappa shape index (κ1) is 11.7. The Hall–Kier alpha value is -0.0800. The monoisotopic (exact) mass is 248 g/mol. The fraction of sp³-hybridized carbons (Fsp3) is 1.00. The van der Waals surface area contributed by atoms with Crippen LogP contribution >= 0.6 is 0 Å². The van der Waals surface area contributed by atoms with Crippen molar-refractivity contribution < 1.29 is 0 Å². The van der Waals surface area contributed by atoms with Gasteiger partial charge in [-0.3, -0.25) is 0 Å². The van der Waals surface area contributed by atoms with Crippen LogP contribution in [-0.4, -0.2) is 37.1 Å². The average Bonchev–Trinajstić information content (AvgIpc) is 2.84. The Morgan fingerprint density at radius 3 is 2.61 bits per heavy atom. The zero-order chi connectivity index (χ0) is 11.9. The van der Waals surface area contributed by atoms with E-state index >= 15 is 0 Å². The second-order valence-corrected chi connectivity index (χ2v) is 7.47. The first-order chi connectivity index (χ1) is 8.88. The van der Waals surface area contributed by atoms with Crippen LogP contribution in [-0.2, 0) is 0 Å². The second kappa shape index (κ2) is 4.79. The van der Waals surface area contributed by atoms with E-state index in [1.165, 1.54) is 58.3 Å². The summed E-state index contributed by atoms with van der Waals surface area (Å²) in [6.07, 6.45) is 10.6. The SMILES string of the molecule is C1CC2CC1CC2CNCC1CCN(C2CC2)C1. The Kier molecular flexibility index (Phi) is 3.12. The van der Waals surface area contributed by atoms with Crippen molar-refractivity contribution in [3.63, 3.8) is 0 Å². The Morgan fingerprint density at radius 2 is 1.89 bits per heavy atom. The summed E-state index contributed by atoms with van der Waals surface area (Å²) in [6.45, 7) is 5.37. The van der Waals surface area contributed by atoms with Crippen LogP contribution in [0.3, 0.4) is 0 Å². The first-order valence-electron chi connectivity index (χ1n) is 8.33. The molecule has 4 unspecified atom stereocenters. The number of nitrogens with zero attached hydrogens (tertiary/aromatic N) is 1. The summed E-state index contributed by atoms with van der Waals surface area (Å²) in [6, 6.07) is 0.987. The lowest BCUT2D eigenvalue weighted by molar-refractivity contribution is 0.296. The Balaban J connectivity index is 1.16. The van der Waals surface area contributed by atoms with Crippen molar-refractivity contribution in [3.8, 4) is 0 Å². The molecule has 2 bridgehead atoms. The molecule has 2 heteroatoms. The molecule has 3 saturated carbocycles. The van der Waals surface area contributed by atoms with Gasteiger partial charge in [0.05, 0.1) is 0 Å². The predicted octanol–water partition coefficient (Wildman–Crippen LogP) is 2.50. The van der Waals surface area contributed by atoms with Crippen LogP contribution in [0.15, 0.2) is 0 Å². The maximum absolute atomic E-state index is 3.81. The molecule has 0 aromatic rings. The lowest BCUT2D eigenvalue weighted by Crippen LogP contribution is -2.32. The fourth-order valence-electron chi connectivity index (χ4n) is 4.90. The van der Waals surface area contributed by atoms with Gasteiger partial charge in [0, 0.05) is 12.6 Å². The molecule has 2 nitrogen and oxygen atoms in total. The standard InChI is InChI=1S/C16H28N2/c1-2-14-7-12(1)8-15(14)10-17-9-13-5-6-18(11-13)16-3-4-16/h12-17H,1-11H2. The Labute approximate surface area is 111 Å². The predicted molar refractivity (Wildman–Crippen MR) is 74.5 cm³/mol. The highest BCUT2D eigenvalue weighted by Gasteiger charge is 2.39. The van der Waals surface area contributed by atoms with Crippen molar-refractivity contribution >= 4 is 0 Å². The zero-order valence-corrected chi connectivity index (χ0v) is 11.6. The van der Waals surface area contributed by atoms with Gasteiger partial charge < -0.3 is 10.2 Å². The molecule has 1 N–H and O–H groups in total. The Bertz CT molecular complexity index is 299. The summed E-state index contributed by atoms with van der Waals surface area (Å²) in [5.74, 6) is 4.18. The number of hydrogen-bond donors (Lipinski definition) is 1. The van der Waals surface area contributed by atoms with E-state index in [1.807, 2.05) is 0 Å². The van der Waals surface area contributed by atoms with E-state index < -0.39 is 0 Å². The molecule has 0 aromatic carbocycles. The van der Waals surface area contributed by atoms with E-state index in [1.54, 1.807) is 12.8 Å². The molecule has 0 radical (unpaired) electrons. The van der Waals surface area contributed by atoms with Crippen molar-refractivity contribution in [2.24, 2.45) is 23.7 Å². The number of nitrogens with one attached hydrogen (secondary N) is 1. The van der Waals surface area contributed by atoms with Crippen molar-refractivity contribution in [3.05, 3.63) is 0 Å². The van der Waals surface area contributed by atoms with Crippen LogP contribution in [0, 0.1) is 23.7 Å². The van der Waals surface area contributed by atoms with E-state index in [-0.39, 0.29) is 0 Å². The van der Waals surface area contributed by atoms with Crippen LogP contribution in [0.4, 0.5) is 0 Å². The third-order valence-corrected chi connectivity index (χ3v) is 6.10. The number of fused-ring (bicyclic) bond motifs is 2. The molecule has 1 heterocycles. The summed E-state index contributed by atoms with van der Waals surface area (Å²) < 4.78 is 0. The van der Waals surface area contributed by atoms with Gasteiger partial charge in [0.25, 0.3) is 0 Å². The van der Waals surface area contributed by atoms with E-state index in [0.717, 1.165) is 29.7 Å². The molecular formula is C16H28N2. The van der Waals surface area contributed by atoms with Gasteiger partial charge in [-0.05, 0) is 81.8 Å². The lowest BCUT2D eigenvalue weighted by atomic mass is 9.89. The summed E-state index contributed by atoms with van der Waals surface area (Å²) in [5.41, 5.74) is 0. The van der Waals surface area contributed by atoms with Crippen LogP contribution in [0.2, 0.25) is 0 Å². The van der Waals surface area contributed by atoms with E-state index in [9.17, 15) is 0 Å². The zero-order valence-electron chi connectivity index (χ0n) is 11.6. The summed E-state index contributed by atoms with van der Waals surface area (Å²) >= 11 is 0. The van der Waals surface area contributed by atoms with Gasteiger partial charge in [0.15, 0.2) is 0 Å². The normalized spacial score (nSPS) is 44.0. The van der Waals surface area contributed by atoms with Crippen LogP contribution in [0.5, 0.6) is 0 Å². The summed E-state index contributed by atoms with van der Waals surface area (Å²) in [5, 5.41) is 3.81. The maximum Gasteiger partial charge on any atom is 0.00965 e. The van der Waals surface area contributed by atoms with E-state index in [2.05, 4.69) is 10.2 Å². The van der Waals surface area contributed by atoms with E-state index in [0.29, 0.717) is 0 Å². The molecule has 1 aliphatic heterocycles. The van der Waals surface area contributed by atoms with Gasteiger partial charge in [-0.25, -0.2) is 0 Å². The fourth-order valence-corrected chi connectivity index (χ4v) is 4.90. The van der Waals surface area contributed by atoms with Gasteiger partial charge in [0.1, 0.15) is 0 Å².